The first-order valence-corrected chi connectivity index (χ1v) is 5.79. The summed E-state index contributed by atoms with van der Waals surface area (Å²) >= 11 is 0. The quantitative estimate of drug-likeness (QED) is 0.479. The summed E-state index contributed by atoms with van der Waals surface area (Å²) in [6.45, 7) is 10.8. The van der Waals surface area contributed by atoms with E-state index in [1.54, 1.807) is 6.92 Å². The van der Waals surface area contributed by atoms with Gasteiger partial charge in [-0.25, -0.2) is 4.79 Å². The van der Waals surface area contributed by atoms with Gasteiger partial charge in [0.05, 0.1) is 13.2 Å². The normalized spacial score (nSPS) is 10.1. The van der Waals surface area contributed by atoms with Crippen molar-refractivity contribution in [3.05, 3.63) is 12.2 Å². The van der Waals surface area contributed by atoms with Crippen LogP contribution >= 0.6 is 0 Å². The average molecular weight is 242 g/mol. The molecule has 0 radical (unpaired) electrons. The van der Waals surface area contributed by atoms with Crippen molar-refractivity contribution in [1.29, 1.82) is 0 Å². The topological polar surface area (TPSA) is 67.4 Å². The largest absolute Gasteiger partial charge is 0.463 e. The Kier molecular flexibility index (Phi) is 8.05. The van der Waals surface area contributed by atoms with Crippen molar-refractivity contribution >= 4 is 11.9 Å². The van der Waals surface area contributed by atoms with Gasteiger partial charge in [0.1, 0.15) is 0 Å². The molecule has 0 aliphatic carbocycles. The van der Waals surface area contributed by atoms with Crippen molar-refractivity contribution in [2.45, 2.75) is 20.8 Å². The van der Waals surface area contributed by atoms with Crippen molar-refractivity contribution in [2.75, 3.05) is 26.2 Å². The van der Waals surface area contributed by atoms with Crippen molar-refractivity contribution < 1.29 is 14.3 Å². The van der Waals surface area contributed by atoms with Gasteiger partial charge >= 0.3 is 5.97 Å². The molecule has 0 saturated heterocycles. The van der Waals surface area contributed by atoms with E-state index in [0.29, 0.717) is 24.6 Å². The molecule has 17 heavy (non-hydrogen) atoms. The molecular formula is C12H22N2O3. The average Bonchev–Trinajstić information content (AvgIpc) is 2.26. The van der Waals surface area contributed by atoms with Gasteiger partial charge in [-0.05, 0) is 12.8 Å². The van der Waals surface area contributed by atoms with Crippen molar-refractivity contribution in [1.82, 2.24) is 10.6 Å². The number of ether oxygens (including phenoxy) is 1. The van der Waals surface area contributed by atoms with Gasteiger partial charge in [0.15, 0.2) is 0 Å². The fraction of sp³-hybridized carbons (Fsp3) is 0.667. The van der Waals surface area contributed by atoms with Gasteiger partial charge in [-0.2, -0.15) is 0 Å². The van der Waals surface area contributed by atoms with Crippen LogP contribution in [0, 0.1) is 5.92 Å². The van der Waals surface area contributed by atoms with Crippen molar-refractivity contribution in [3.8, 4) is 0 Å². The Hall–Kier alpha value is -1.36. The number of carbonyl (C=O) groups is 2. The maximum Gasteiger partial charge on any atom is 0.334 e. The maximum absolute atomic E-state index is 11.3. The zero-order valence-corrected chi connectivity index (χ0v) is 10.8. The van der Waals surface area contributed by atoms with E-state index in [1.165, 1.54) is 0 Å². The van der Waals surface area contributed by atoms with Gasteiger partial charge in [0.2, 0.25) is 5.91 Å². The SMILES string of the molecule is C=C(CNCC(=O)NCC(C)C)C(=O)OCC. The summed E-state index contributed by atoms with van der Waals surface area (Å²) in [7, 11) is 0. The Bertz CT molecular complexity index is 275. The second kappa shape index (κ2) is 8.75. The van der Waals surface area contributed by atoms with Crippen LogP contribution in [0.2, 0.25) is 0 Å². The fourth-order valence-electron chi connectivity index (χ4n) is 1.01. The molecule has 0 aromatic carbocycles. The van der Waals surface area contributed by atoms with Crippen LogP contribution in [0.5, 0.6) is 0 Å². The highest BCUT2D eigenvalue weighted by Gasteiger charge is 2.08. The first-order chi connectivity index (χ1) is 7.97. The minimum absolute atomic E-state index is 0.0876. The number of carbonyl (C=O) groups excluding carboxylic acids is 2. The fourth-order valence-corrected chi connectivity index (χ4v) is 1.01. The third-order valence-corrected chi connectivity index (χ3v) is 1.90. The van der Waals surface area contributed by atoms with E-state index < -0.39 is 5.97 Å². The monoisotopic (exact) mass is 242 g/mol. The predicted octanol–water partition coefficient (Wildman–Crippen LogP) is 0.468. The molecule has 0 aliphatic heterocycles. The number of hydrogen-bond donors (Lipinski definition) is 2. The van der Waals surface area contributed by atoms with Crippen LogP contribution in [0.3, 0.4) is 0 Å². The summed E-state index contributed by atoms with van der Waals surface area (Å²) in [5, 5.41) is 5.60. The molecule has 0 fully saturated rings. The molecule has 0 saturated carbocycles. The molecule has 5 heteroatoms. The van der Waals surface area contributed by atoms with E-state index in [2.05, 4.69) is 17.2 Å². The molecule has 0 unspecified atom stereocenters. The lowest BCUT2D eigenvalue weighted by Crippen LogP contribution is -2.37. The molecule has 0 aliphatic rings. The van der Waals surface area contributed by atoms with E-state index in [4.69, 9.17) is 4.74 Å². The van der Waals surface area contributed by atoms with Gasteiger partial charge in [0.25, 0.3) is 0 Å². The highest BCUT2D eigenvalue weighted by Crippen LogP contribution is 1.92. The molecule has 0 spiro atoms. The lowest BCUT2D eigenvalue weighted by Gasteiger charge is -2.09. The summed E-state index contributed by atoms with van der Waals surface area (Å²) in [6, 6.07) is 0. The van der Waals surface area contributed by atoms with Gasteiger partial charge in [-0.3, -0.25) is 4.79 Å². The van der Waals surface area contributed by atoms with Crippen molar-refractivity contribution in [3.63, 3.8) is 0 Å². The molecule has 0 bridgehead atoms. The molecule has 98 valence electrons. The summed E-state index contributed by atoms with van der Waals surface area (Å²) in [6.07, 6.45) is 0. The Morgan fingerprint density at radius 3 is 2.47 bits per heavy atom. The number of esters is 1. The van der Waals surface area contributed by atoms with Gasteiger partial charge in [-0.1, -0.05) is 20.4 Å². The van der Waals surface area contributed by atoms with Crippen LogP contribution in [-0.2, 0) is 14.3 Å². The molecule has 0 atom stereocenters. The summed E-state index contributed by atoms with van der Waals surface area (Å²) in [5.41, 5.74) is 0.323. The van der Waals surface area contributed by atoms with Crippen LogP contribution in [0.1, 0.15) is 20.8 Å². The van der Waals surface area contributed by atoms with Gasteiger partial charge in [-0.15, -0.1) is 0 Å². The number of rotatable bonds is 8. The smallest absolute Gasteiger partial charge is 0.334 e. The molecule has 0 heterocycles. The molecule has 0 aromatic heterocycles. The van der Waals surface area contributed by atoms with E-state index in [9.17, 15) is 9.59 Å². The van der Waals surface area contributed by atoms with E-state index in [-0.39, 0.29) is 19.0 Å². The number of amides is 1. The van der Waals surface area contributed by atoms with E-state index in [0.717, 1.165) is 0 Å². The first-order valence-electron chi connectivity index (χ1n) is 5.79. The Labute approximate surface area is 103 Å². The molecule has 0 rings (SSSR count). The standard InChI is InChI=1S/C12H22N2O3/c1-5-17-12(16)10(4)7-13-8-11(15)14-6-9(2)3/h9,13H,4-8H2,1-3H3,(H,14,15). The Balaban J connectivity index is 3.66. The second-order valence-electron chi connectivity index (χ2n) is 4.13. The lowest BCUT2D eigenvalue weighted by molar-refractivity contribution is -0.138. The van der Waals surface area contributed by atoms with E-state index >= 15 is 0 Å². The van der Waals surface area contributed by atoms with Crippen LogP contribution in [0.15, 0.2) is 12.2 Å². The van der Waals surface area contributed by atoms with Gasteiger partial charge < -0.3 is 15.4 Å². The maximum atomic E-state index is 11.3. The van der Waals surface area contributed by atoms with Crippen LogP contribution < -0.4 is 10.6 Å². The minimum Gasteiger partial charge on any atom is -0.463 e. The molecule has 2 N–H and O–H groups in total. The zero-order chi connectivity index (χ0) is 13.3. The molecule has 1 amide bonds. The van der Waals surface area contributed by atoms with Crippen molar-refractivity contribution in [2.24, 2.45) is 5.92 Å². The second-order valence-corrected chi connectivity index (χ2v) is 4.13. The summed E-state index contributed by atoms with van der Waals surface area (Å²) in [4.78, 5) is 22.5. The minimum atomic E-state index is -0.428. The third kappa shape index (κ3) is 8.45. The predicted molar refractivity (Wildman–Crippen MR) is 66.5 cm³/mol. The Morgan fingerprint density at radius 2 is 1.94 bits per heavy atom. The third-order valence-electron chi connectivity index (χ3n) is 1.90. The Morgan fingerprint density at radius 1 is 1.29 bits per heavy atom. The first kappa shape index (κ1) is 15.6. The van der Waals surface area contributed by atoms with E-state index in [1.807, 2.05) is 13.8 Å². The molecular weight excluding hydrogens is 220 g/mol. The highest BCUT2D eigenvalue weighted by molar-refractivity contribution is 5.88. The summed E-state index contributed by atoms with van der Waals surface area (Å²) < 4.78 is 4.76. The zero-order valence-electron chi connectivity index (χ0n) is 10.8. The number of hydrogen-bond acceptors (Lipinski definition) is 4. The van der Waals surface area contributed by atoms with Crippen LogP contribution in [-0.4, -0.2) is 38.1 Å². The van der Waals surface area contributed by atoms with Crippen LogP contribution in [0.4, 0.5) is 0 Å². The highest BCUT2D eigenvalue weighted by atomic mass is 16.5. The number of nitrogens with one attached hydrogen (secondary N) is 2. The molecule has 5 nitrogen and oxygen atoms in total. The summed E-state index contributed by atoms with van der Waals surface area (Å²) in [5.74, 6) is -0.0913. The van der Waals surface area contributed by atoms with Gasteiger partial charge in [0, 0.05) is 18.7 Å². The van der Waals surface area contributed by atoms with Crippen LogP contribution in [0.25, 0.3) is 0 Å². The molecule has 0 aromatic rings. The lowest BCUT2D eigenvalue weighted by atomic mass is 10.2.